The van der Waals surface area contributed by atoms with Crippen LogP contribution in [0.25, 0.3) is 0 Å². The van der Waals surface area contributed by atoms with E-state index in [2.05, 4.69) is 35.4 Å². The molecule has 174 valence electrons. The first-order chi connectivity index (χ1) is 17.2. The summed E-state index contributed by atoms with van der Waals surface area (Å²) in [5.41, 5.74) is 0.462. The third kappa shape index (κ3) is 5.77. The van der Waals surface area contributed by atoms with Crippen molar-refractivity contribution < 1.29 is 14.0 Å². The zero-order valence-corrected chi connectivity index (χ0v) is 19.8. The van der Waals surface area contributed by atoms with Crippen molar-refractivity contribution in [1.29, 1.82) is 0 Å². The average molecular weight is 491 g/mol. The third-order valence-electron chi connectivity index (χ3n) is 5.16. The summed E-state index contributed by atoms with van der Waals surface area (Å²) in [6.07, 6.45) is 1.42. The Morgan fingerprint density at radius 3 is 2.82 bits per heavy atom. The number of amides is 1. The number of thiazole rings is 1. The number of halogens is 1. The average Bonchev–Trinajstić information content (AvgIpc) is 3.33. The second-order valence-corrected chi connectivity index (χ2v) is 8.92. The molecule has 3 aromatic rings. The van der Waals surface area contributed by atoms with Crippen LogP contribution in [0.15, 0.2) is 30.4 Å². The zero-order chi connectivity index (χ0) is 26.0. The Bertz CT molecular complexity index is 1260. The lowest BCUT2D eigenvalue weighted by Gasteiger charge is -2.35. The molecule has 4 rings (SSSR count). The van der Waals surface area contributed by atoms with Gasteiger partial charge in [0.25, 0.3) is 5.91 Å². The molecule has 1 aliphatic heterocycles. The SMILES string of the molecule is [2H]c1c([2H])c(C)c(NC(=O)c2cnc(Nc3cc(N4CCN(CCO)CC4)nc(C)n3)s2)c(Cl)c1[2H]. The van der Waals surface area contributed by atoms with E-state index in [4.69, 9.17) is 20.8 Å². The monoisotopic (exact) mass is 490 g/mol. The van der Waals surface area contributed by atoms with Crippen molar-refractivity contribution in [3.63, 3.8) is 0 Å². The first-order valence-corrected chi connectivity index (χ1v) is 11.6. The van der Waals surface area contributed by atoms with Crippen LogP contribution in [-0.4, -0.2) is 70.2 Å². The molecule has 0 atom stereocenters. The minimum atomic E-state index is -0.484. The number of rotatable bonds is 7. The van der Waals surface area contributed by atoms with Gasteiger partial charge < -0.3 is 20.6 Å². The smallest absolute Gasteiger partial charge is 0.267 e. The summed E-state index contributed by atoms with van der Waals surface area (Å²) in [5.74, 6) is 1.47. The molecule has 1 fully saturated rings. The number of aryl methyl sites for hydroxylation is 1. The van der Waals surface area contributed by atoms with E-state index >= 15 is 0 Å². The highest BCUT2D eigenvalue weighted by Gasteiger charge is 2.19. The number of carbonyl (C=O) groups is 1. The number of hydrogen-bond acceptors (Lipinski definition) is 9. The Labute approximate surface area is 205 Å². The van der Waals surface area contributed by atoms with Crippen LogP contribution in [0.3, 0.4) is 0 Å². The maximum Gasteiger partial charge on any atom is 0.267 e. The third-order valence-corrected chi connectivity index (χ3v) is 6.35. The van der Waals surface area contributed by atoms with E-state index < -0.39 is 5.91 Å². The molecule has 1 aromatic carbocycles. The molecule has 1 aliphatic rings. The fourth-order valence-corrected chi connectivity index (χ4v) is 4.41. The van der Waals surface area contributed by atoms with Gasteiger partial charge in [0, 0.05) is 38.8 Å². The Kier molecular flexibility index (Phi) is 6.21. The number of nitrogens with one attached hydrogen (secondary N) is 2. The Hall–Kier alpha value is -2.79. The van der Waals surface area contributed by atoms with E-state index in [1.807, 2.05) is 13.0 Å². The highest BCUT2D eigenvalue weighted by molar-refractivity contribution is 7.17. The van der Waals surface area contributed by atoms with Crippen molar-refractivity contribution in [1.82, 2.24) is 19.9 Å². The molecule has 9 nitrogen and oxygen atoms in total. The number of aliphatic hydroxyl groups excluding tert-OH is 1. The number of nitrogens with zero attached hydrogens (tertiary/aromatic N) is 5. The van der Waals surface area contributed by atoms with Crippen LogP contribution >= 0.6 is 22.9 Å². The van der Waals surface area contributed by atoms with E-state index in [-0.39, 0.29) is 35.4 Å². The number of aliphatic hydroxyl groups is 1. The Balaban J connectivity index is 1.46. The molecule has 2 aromatic heterocycles. The summed E-state index contributed by atoms with van der Waals surface area (Å²) in [6, 6.07) is 1.09. The standard InChI is InChI=1S/C22H26ClN7O2S/c1-14-4-3-5-16(23)20(14)28-21(32)17-13-24-22(33-17)27-18-12-19(26-15(2)25-18)30-8-6-29(7-9-30)10-11-31/h3-5,12-13,31H,6-11H2,1-2H3,(H,28,32)(H,24,25,26,27)/i3D,4D,5D. The van der Waals surface area contributed by atoms with Gasteiger partial charge >= 0.3 is 0 Å². The van der Waals surface area contributed by atoms with Crippen LogP contribution < -0.4 is 15.5 Å². The minimum absolute atomic E-state index is 0.0779. The lowest BCUT2D eigenvalue weighted by Crippen LogP contribution is -2.47. The van der Waals surface area contributed by atoms with E-state index in [0.29, 0.717) is 33.8 Å². The molecule has 1 amide bonds. The predicted octanol–water partition coefficient (Wildman–Crippen LogP) is 3.31. The van der Waals surface area contributed by atoms with Crippen LogP contribution in [0.1, 0.15) is 25.2 Å². The van der Waals surface area contributed by atoms with Crippen LogP contribution in [0.5, 0.6) is 0 Å². The molecule has 3 heterocycles. The lowest BCUT2D eigenvalue weighted by molar-refractivity contribution is 0.103. The normalized spacial score (nSPS) is 15.6. The van der Waals surface area contributed by atoms with Crippen LogP contribution in [-0.2, 0) is 0 Å². The molecular weight excluding hydrogens is 462 g/mol. The van der Waals surface area contributed by atoms with Crippen molar-refractivity contribution in [2.45, 2.75) is 13.8 Å². The molecule has 0 spiro atoms. The van der Waals surface area contributed by atoms with Gasteiger partial charge in [-0.05, 0) is 25.5 Å². The number of hydrogen-bond donors (Lipinski definition) is 3. The number of aromatic nitrogens is 3. The molecule has 11 heteroatoms. The molecule has 0 bridgehead atoms. The lowest BCUT2D eigenvalue weighted by atomic mass is 10.2. The molecule has 0 aliphatic carbocycles. The van der Waals surface area contributed by atoms with Gasteiger partial charge in [0.1, 0.15) is 22.3 Å². The van der Waals surface area contributed by atoms with Crippen LogP contribution in [0, 0.1) is 13.8 Å². The van der Waals surface area contributed by atoms with E-state index in [1.54, 1.807) is 6.92 Å². The summed E-state index contributed by atoms with van der Waals surface area (Å²) < 4.78 is 23.7. The maximum atomic E-state index is 12.8. The first kappa shape index (κ1) is 19.7. The number of anilines is 4. The molecule has 1 saturated heterocycles. The van der Waals surface area contributed by atoms with E-state index in [1.165, 1.54) is 6.20 Å². The number of carbonyl (C=O) groups excluding carboxylic acids is 1. The van der Waals surface area contributed by atoms with Gasteiger partial charge in [-0.1, -0.05) is 35.0 Å². The second-order valence-electron chi connectivity index (χ2n) is 7.51. The van der Waals surface area contributed by atoms with Gasteiger partial charge in [-0.2, -0.15) is 0 Å². The first-order valence-electron chi connectivity index (χ1n) is 11.9. The quantitative estimate of drug-likeness (QED) is 0.463. The summed E-state index contributed by atoms with van der Waals surface area (Å²) in [6.45, 7) is 7.47. The van der Waals surface area contributed by atoms with Crippen molar-refractivity contribution in [3.8, 4) is 0 Å². The van der Waals surface area contributed by atoms with Gasteiger partial charge in [0.15, 0.2) is 5.13 Å². The van der Waals surface area contributed by atoms with Crippen molar-refractivity contribution in [2.75, 3.05) is 54.9 Å². The second kappa shape index (κ2) is 10.4. The van der Waals surface area contributed by atoms with Crippen molar-refractivity contribution in [3.05, 3.63) is 51.7 Å². The van der Waals surface area contributed by atoms with Crippen LogP contribution in [0.2, 0.25) is 5.02 Å². The largest absolute Gasteiger partial charge is 0.395 e. The van der Waals surface area contributed by atoms with Gasteiger partial charge in [0.2, 0.25) is 0 Å². The van der Waals surface area contributed by atoms with Gasteiger partial charge in [0.05, 0.1) is 27.6 Å². The highest BCUT2D eigenvalue weighted by atomic mass is 35.5. The fraction of sp³-hybridized carbons (Fsp3) is 0.364. The molecular formula is C22H26ClN7O2S. The van der Waals surface area contributed by atoms with Crippen LogP contribution in [0.4, 0.5) is 22.5 Å². The summed E-state index contributed by atoms with van der Waals surface area (Å²) in [7, 11) is 0. The summed E-state index contributed by atoms with van der Waals surface area (Å²) in [5, 5.41) is 15.3. The number of benzene rings is 1. The number of para-hydroxylation sites is 1. The molecule has 0 unspecified atom stereocenters. The van der Waals surface area contributed by atoms with E-state index in [0.717, 1.165) is 43.3 Å². The molecule has 0 saturated carbocycles. The summed E-state index contributed by atoms with van der Waals surface area (Å²) in [4.78, 5) is 30.8. The maximum absolute atomic E-state index is 12.8. The zero-order valence-electron chi connectivity index (χ0n) is 21.3. The Morgan fingerprint density at radius 2 is 2.06 bits per heavy atom. The summed E-state index contributed by atoms with van der Waals surface area (Å²) >= 11 is 7.29. The fourth-order valence-electron chi connectivity index (χ4n) is 3.46. The highest BCUT2D eigenvalue weighted by Crippen LogP contribution is 2.28. The van der Waals surface area contributed by atoms with Crippen molar-refractivity contribution in [2.24, 2.45) is 0 Å². The predicted molar refractivity (Wildman–Crippen MR) is 132 cm³/mol. The topological polar surface area (TPSA) is 107 Å². The van der Waals surface area contributed by atoms with Gasteiger partial charge in [-0.3, -0.25) is 9.69 Å². The number of piperazine rings is 1. The van der Waals surface area contributed by atoms with E-state index in [9.17, 15) is 4.79 Å². The van der Waals surface area contributed by atoms with Crippen molar-refractivity contribution >= 4 is 51.3 Å². The Morgan fingerprint density at radius 1 is 1.27 bits per heavy atom. The minimum Gasteiger partial charge on any atom is -0.395 e. The molecule has 33 heavy (non-hydrogen) atoms. The molecule has 3 N–H and O–H groups in total. The van der Waals surface area contributed by atoms with Gasteiger partial charge in [-0.25, -0.2) is 15.0 Å². The molecule has 0 radical (unpaired) electrons. The van der Waals surface area contributed by atoms with Gasteiger partial charge in [-0.15, -0.1) is 0 Å². The number of β-amino-alcohol motifs (C(OH)–C–C–N with tert-alkyl or cyclic N) is 1.